The van der Waals surface area contributed by atoms with Crippen LogP contribution in [0.2, 0.25) is 0 Å². The molecular weight excluding hydrogens is 422 g/mol. The van der Waals surface area contributed by atoms with Crippen molar-refractivity contribution >= 4 is 27.5 Å². The molecule has 1 amide bonds. The van der Waals surface area contributed by atoms with Gasteiger partial charge < -0.3 is 4.74 Å². The third-order valence-electron chi connectivity index (χ3n) is 5.29. The summed E-state index contributed by atoms with van der Waals surface area (Å²) in [7, 11) is -2.31. The van der Waals surface area contributed by atoms with Crippen LogP contribution < -0.4 is 10.2 Å². The minimum absolute atomic E-state index is 0.133. The van der Waals surface area contributed by atoms with Gasteiger partial charge in [0, 0.05) is 10.6 Å². The first-order chi connectivity index (χ1) is 14.5. The van der Waals surface area contributed by atoms with E-state index in [2.05, 4.69) is 0 Å². The zero-order valence-electron chi connectivity index (χ0n) is 16.6. The van der Waals surface area contributed by atoms with E-state index in [0.717, 1.165) is 4.90 Å². The minimum Gasteiger partial charge on any atom is -0.497 e. The number of allylic oxidation sites excluding steroid dienone is 2. The van der Waals surface area contributed by atoms with Crippen LogP contribution in [0.1, 0.15) is 12.8 Å². The van der Waals surface area contributed by atoms with E-state index >= 15 is 0 Å². The van der Waals surface area contributed by atoms with Crippen molar-refractivity contribution in [3.63, 3.8) is 0 Å². The van der Waals surface area contributed by atoms with Crippen LogP contribution in [0.5, 0.6) is 5.75 Å². The Hall–Kier alpha value is -2.29. The van der Waals surface area contributed by atoms with Crippen LogP contribution in [-0.4, -0.2) is 37.6 Å². The smallest absolute Gasteiger partial charge is 0.248 e. The minimum atomic E-state index is -3.82. The van der Waals surface area contributed by atoms with Gasteiger partial charge in [-0.2, -0.15) is 0 Å². The molecule has 1 aliphatic carbocycles. The summed E-state index contributed by atoms with van der Waals surface area (Å²) in [6, 6.07) is 15.9. The lowest BCUT2D eigenvalue weighted by Crippen LogP contribution is -2.44. The lowest BCUT2D eigenvalue weighted by molar-refractivity contribution is -0.134. The van der Waals surface area contributed by atoms with Crippen molar-refractivity contribution in [1.29, 1.82) is 0 Å². The molecule has 0 fully saturated rings. The van der Waals surface area contributed by atoms with Gasteiger partial charge in [-0.1, -0.05) is 30.4 Å². The van der Waals surface area contributed by atoms with E-state index in [-0.39, 0.29) is 17.2 Å². The Balaban J connectivity index is 1.91. The molecule has 0 heterocycles. The van der Waals surface area contributed by atoms with E-state index in [1.807, 2.05) is 42.5 Å². The zero-order valence-corrected chi connectivity index (χ0v) is 18.2. The number of carbonyl (C=O) groups is 1. The van der Waals surface area contributed by atoms with Crippen molar-refractivity contribution in [1.82, 2.24) is 5.48 Å². The molecule has 160 valence electrons. The summed E-state index contributed by atoms with van der Waals surface area (Å²) in [6.45, 7) is 0. The molecule has 0 aromatic heterocycles. The van der Waals surface area contributed by atoms with Crippen LogP contribution in [0.25, 0.3) is 0 Å². The molecule has 2 aromatic rings. The third kappa shape index (κ3) is 5.06. The molecule has 8 heteroatoms. The second-order valence-corrected chi connectivity index (χ2v) is 10.3. The first kappa shape index (κ1) is 22.4. The Kier molecular flexibility index (Phi) is 7.58. The Bertz CT molecular complexity index is 974. The molecule has 1 aliphatic rings. The van der Waals surface area contributed by atoms with Crippen LogP contribution in [-0.2, 0) is 14.6 Å². The first-order valence-corrected chi connectivity index (χ1v) is 12.1. The predicted molar refractivity (Wildman–Crippen MR) is 116 cm³/mol. The second kappa shape index (κ2) is 10.1. The second-order valence-electron chi connectivity index (χ2n) is 7.09. The number of hydrogen-bond donors (Lipinski definition) is 2. The Morgan fingerprint density at radius 1 is 1.10 bits per heavy atom. The molecule has 3 rings (SSSR count). The molecule has 0 saturated carbocycles. The summed E-state index contributed by atoms with van der Waals surface area (Å²) in [5, 5.41) is 8.39. The van der Waals surface area contributed by atoms with Gasteiger partial charge in [-0.25, -0.2) is 13.9 Å². The summed E-state index contributed by atoms with van der Waals surface area (Å²) in [6.07, 6.45) is 4.51. The van der Waals surface area contributed by atoms with E-state index in [1.54, 1.807) is 29.4 Å². The van der Waals surface area contributed by atoms with Gasteiger partial charge in [0.05, 0.1) is 23.2 Å². The normalized spacial score (nSPS) is 21.6. The predicted octanol–water partition coefficient (Wildman–Crippen LogP) is 3.72. The van der Waals surface area contributed by atoms with Crippen molar-refractivity contribution in [3.8, 4) is 5.75 Å². The summed E-state index contributed by atoms with van der Waals surface area (Å²) >= 11 is 1.57. The molecule has 6 nitrogen and oxygen atoms in total. The molecule has 0 radical (unpaired) electrons. The number of carbonyl (C=O) groups excluding carboxylic acids is 1. The molecule has 0 spiro atoms. The van der Waals surface area contributed by atoms with Crippen molar-refractivity contribution < 1.29 is 23.2 Å². The monoisotopic (exact) mass is 447 g/mol. The van der Waals surface area contributed by atoms with Gasteiger partial charge in [-0.3, -0.25) is 10.0 Å². The van der Waals surface area contributed by atoms with Crippen molar-refractivity contribution in [2.24, 2.45) is 11.8 Å². The molecule has 30 heavy (non-hydrogen) atoms. The van der Waals surface area contributed by atoms with Gasteiger partial charge in [0.15, 0.2) is 9.84 Å². The average Bonchev–Trinajstić information content (AvgIpc) is 3.01. The number of hydroxylamine groups is 1. The molecule has 2 N–H and O–H groups in total. The quantitative estimate of drug-likeness (QED) is 0.291. The van der Waals surface area contributed by atoms with Gasteiger partial charge in [-0.15, -0.1) is 11.8 Å². The maximum atomic E-state index is 13.4. The number of ether oxygens (including phenoxy) is 1. The summed E-state index contributed by atoms with van der Waals surface area (Å²) in [5.74, 6) is -0.690. The summed E-state index contributed by atoms with van der Waals surface area (Å²) < 4.78 is 32.0. The molecule has 0 aliphatic heterocycles. The number of rotatable bonds is 7. The third-order valence-corrected chi connectivity index (χ3v) is 8.70. The Morgan fingerprint density at radius 3 is 2.40 bits per heavy atom. The molecule has 3 atom stereocenters. The number of methoxy groups -OCH3 is 1. The van der Waals surface area contributed by atoms with Crippen molar-refractivity contribution in [3.05, 3.63) is 66.7 Å². The Labute approximate surface area is 181 Å². The fourth-order valence-electron chi connectivity index (χ4n) is 3.71. The molecule has 2 aromatic carbocycles. The number of sulfone groups is 1. The summed E-state index contributed by atoms with van der Waals surface area (Å²) in [4.78, 5) is 13.8. The zero-order chi connectivity index (χ0) is 21.6. The van der Waals surface area contributed by atoms with E-state index in [0.29, 0.717) is 17.9 Å². The van der Waals surface area contributed by atoms with Gasteiger partial charge in [0.1, 0.15) is 5.75 Å². The largest absolute Gasteiger partial charge is 0.497 e. The topological polar surface area (TPSA) is 92.7 Å². The number of amides is 1. The van der Waals surface area contributed by atoms with Gasteiger partial charge >= 0.3 is 0 Å². The van der Waals surface area contributed by atoms with Gasteiger partial charge in [0.2, 0.25) is 5.91 Å². The fourth-order valence-corrected chi connectivity index (χ4v) is 6.77. The number of hydrogen-bond acceptors (Lipinski definition) is 6. The first-order valence-electron chi connectivity index (χ1n) is 9.62. The molecule has 0 bridgehead atoms. The van der Waals surface area contributed by atoms with Crippen LogP contribution in [0.4, 0.5) is 0 Å². The lowest BCUT2D eigenvalue weighted by Gasteiger charge is -2.29. The average molecular weight is 448 g/mol. The maximum absolute atomic E-state index is 13.4. The molecule has 0 saturated heterocycles. The van der Waals surface area contributed by atoms with E-state index in [1.165, 1.54) is 19.2 Å². The number of nitrogens with one attached hydrogen (secondary N) is 1. The summed E-state index contributed by atoms with van der Waals surface area (Å²) in [5.41, 5.74) is 1.70. The SMILES string of the molecule is COc1ccc(S(=O)(=O)C2CC=CCC(CSc3ccccc3)C2C(=O)NO)cc1. The van der Waals surface area contributed by atoms with Crippen LogP contribution in [0.15, 0.2) is 76.5 Å². The standard InChI is InChI=1S/C22H25NO5S2/c1-28-17-11-13-19(14-12-17)30(26,27)20-10-6-5-7-16(21(20)22(24)23-25)15-29-18-8-3-2-4-9-18/h2-6,8-9,11-14,16,20-21,25H,7,10,15H2,1H3,(H,23,24). The maximum Gasteiger partial charge on any atom is 0.248 e. The highest BCUT2D eigenvalue weighted by Crippen LogP contribution is 2.37. The van der Waals surface area contributed by atoms with Crippen LogP contribution >= 0.6 is 11.8 Å². The van der Waals surface area contributed by atoms with Gasteiger partial charge in [-0.05, 0) is 55.2 Å². The highest BCUT2D eigenvalue weighted by atomic mass is 32.2. The Morgan fingerprint density at radius 2 is 1.77 bits per heavy atom. The fraction of sp³-hybridized carbons (Fsp3) is 0.318. The number of thioether (sulfide) groups is 1. The molecular formula is C22H25NO5S2. The highest BCUT2D eigenvalue weighted by Gasteiger charge is 2.43. The van der Waals surface area contributed by atoms with E-state index < -0.39 is 26.9 Å². The van der Waals surface area contributed by atoms with Crippen molar-refractivity contribution in [2.45, 2.75) is 27.9 Å². The van der Waals surface area contributed by atoms with Gasteiger partial charge in [0.25, 0.3) is 0 Å². The van der Waals surface area contributed by atoms with E-state index in [4.69, 9.17) is 4.74 Å². The lowest BCUT2D eigenvalue weighted by atomic mass is 9.88. The highest BCUT2D eigenvalue weighted by molar-refractivity contribution is 7.99. The van der Waals surface area contributed by atoms with Crippen LogP contribution in [0, 0.1) is 11.8 Å². The number of benzene rings is 2. The van der Waals surface area contributed by atoms with Crippen LogP contribution in [0.3, 0.4) is 0 Å². The van der Waals surface area contributed by atoms with E-state index in [9.17, 15) is 18.4 Å². The van der Waals surface area contributed by atoms with Crippen molar-refractivity contribution in [2.75, 3.05) is 12.9 Å². The molecule has 3 unspecified atom stereocenters.